The number of nitrogens with zero attached hydrogens (tertiary/aromatic N) is 3. The van der Waals surface area contributed by atoms with Crippen molar-refractivity contribution in [1.29, 1.82) is 0 Å². The predicted molar refractivity (Wildman–Crippen MR) is 172 cm³/mol. The van der Waals surface area contributed by atoms with Crippen LogP contribution in [0.4, 0.5) is 5.13 Å². The smallest absolute Gasteiger partial charge is 0.309 e. The highest BCUT2D eigenvalue weighted by Gasteiger charge is 2.35. The topological polar surface area (TPSA) is 75.1 Å². The summed E-state index contributed by atoms with van der Waals surface area (Å²) in [5, 5.41) is 12.5. The number of hydrogen-bond acceptors (Lipinski definition) is 7. The Bertz CT molecular complexity index is 1460. The van der Waals surface area contributed by atoms with Crippen molar-refractivity contribution >= 4 is 22.4 Å². The lowest BCUT2D eigenvalue weighted by Gasteiger charge is -2.39. The van der Waals surface area contributed by atoms with Gasteiger partial charge in [-0.25, -0.2) is 4.98 Å². The van der Waals surface area contributed by atoms with Gasteiger partial charge in [0.2, 0.25) is 0 Å². The van der Waals surface area contributed by atoms with Crippen LogP contribution in [0.25, 0.3) is 11.3 Å². The minimum absolute atomic E-state index is 0.352. The van der Waals surface area contributed by atoms with Gasteiger partial charge in [-0.15, -0.1) is 11.3 Å². The molecule has 8 heteroatoms. The molecule has 0 amide bonds. The molecule has 1 saturated heterocycles. The van der Waals surface area contributed by atoms with Crippen molar-refractivity contribution in [3.05, 3.63) is 63.0 Å². The number of rotatable bonds is 8. The minimum Gasteiger partial charge on any atom is -0.488 e. The van der Waals surface area contributed by atoms with Gasteiger partial charge in [0, 0.05) is 50.3 Å². The summed E-state index contributed by atoms with van der Waals surface area (Å²) < 4.78 is 12.1. The van der Waals surface area contributed by atoms with Gasteiger partial charge in [0.25, 0.3) is 0 Å². The van der Waals surface area contributed by atoms with Crippen molar-refractivity contribution in [3.8, 4) is 17.0 Å². The molecule has 1 aromatic heterocycles. The molecule has 7 nitrogen and oxygen atoms in total. The fraction of sp³-hybridized carbons (Fsp3) is 0.543. The molecule has 1 saturated carbocycles. The van der Waals surface area contributed by atoms with Crippen LogP contribution in [-0.2, 0) is 29.1 Å². The number of fused-ring (bicyclic) bond motifs is 1. The Morgan fingerprint density at radius 2 is 1.88 bits per heavy atom. The third kappa shape index (κ3) is 6.33. The standard InChI is InChI=1S/C35H45N3O4S/c1-22-10-11-32(29(16-22)31-21-43-35(36-31)38-15-13-28(34(39)40)33(19-38)41-4)42-20-25-17-23(2)30-18-37(14-12-27(30)24(25)3)26-8-6-5-7-9-26/h10-11,16-17,21,26,28,33H,5-9,12-15,18-20H2,1-4H3,(H,39,40)/t28-,33+/m1/s1. The molecule has 1 aliphatic carbocycles. The summed E-state index contributed by atoms with van der Waals surface area (Å²) in [6.45, 7) is 10.6. The Balaban J connectivity index is 1.18. The van der Waals surface area contributed by atoms with Crippen LogP contribution in [0.3, 0.4) is 0 Å². The molecule has 0 radical (unpaired) electrons. The SMILES string of the molecule is CO[C@H]1CN(c2nc(-c3cc(C)ccc3OCc3cc(C)c4c(c3C)CCN(C3CCCCC3)C4)cs2)CC[C@H]1C(=O)O. The first-order chi connectivity index (χ1) is 20.8. The quantitative estimate of drug-likeness (QED) is 0.299. The first-order valence-electron chi connectivity index (χ1n) is 15.9. The first-order valence-corrected chi connectivity index (χ1v) is 16.7. The second-order valence-electron chi connectivity index (χ2n) is 12.7. The van der Waals surface area contributed by atoms with Crippen LogP contribution < -0.4 is 9.64 Å². The summed E-state index contributed by atoms with van der Waals surface area (Å²) in [6, 6.07) is 9.41. The molecule has 3 heterocycles. The fourth-order valence-electron chi connectivity index (χ4n) is 7.39. The highest BCUT2D eigenvalue weighted by molar-refractivity contribution is 7.14. The Morgan fingerprint density at radius 1 is 1.07 bits per heavy atom. The summed E-state index contributed by atoms with van der Waals surface area (Å²) in [5.41, 5.74) is 10.1. The number of carboxylic acids is 1. The van der Waals surface area contributed by atoms with Crippen molar-refractivity contribution in [3.63, 3.8) is 0 Å². The number of thiazole rings is 1. The average molecular weight is 604 g/mol. The maximum absolute atomic E-state index is 11.6. The lowest BCUT2D eigenvalue weighted by molar-refractivity contribution is -0.147. The average Bonchev–Trinajstić information content (AvgIpc) is 3.52. The maximum Gasteiger partial charge on any atom is 0.309 e. The number of carboxylic acid groups (broad SMARTS) is 1. The lowest BCUT2D eigenvalue weighted by Crippen LogP contribution is -2.47. The van der Waals surface area contributed by atoms with Gasteiger partial charge in [0.1, 0.15) is 12.4 Å². The van der Waals surface area contributed by atoms with E-state index in [1.165, 1.54) is 59.9 Å². The maximum atomic E-state index is 11.6. The molecular formula is C35H45N3O4S. The number of piperidine rings is 1. The predicted octanol–water partition coefficient (Wildman–Crippen LogP) is 6.93. The fourth-order valence-corrected chi connectivity index (χ4v) is 8.25. The van der Waals surface area contributed by atoms with Gasteiger partial charge in [-0.1, -0.05) is 37.0 Å². The number of aryl methyl sites for hydroxylation is 2. The molecule has 2 aromatic carbocycles. The Labute approximate surface area is 259 Å². The van der Waals surface area contributed by atoms with E-state index in [-0.39, 0.29) is 6.10 Å². The normalized spacial score (nSPS) is 21.5. The van der Waals surface area contributed by atoms with E-state index < -0.39 is 11.9 Å². The summed E-state index contributed by atoms with van der Waals surface area (Å²) in [7, 11) is 1.59. The molecule has 2 atom stereocenters. The zero-order valence-corrected chi connectivity index (χ0v) is 26.8. The monoisotopic (exact) mass is 603 g/mol. The number of aromatic nitrogens is 1. The van der Waals surface area contributed by atoms with Gasteiger partial charge in [-0.3, -0.25) is 9.69 Å². The Hall–Kier alpha value is -2.94. The Morgan fingerprint density at radius 3 is 2.65 bits per heavy atom. The van der Waals surface area contributed by atoms with E-state index in [0.29, 0.717) is 26.1 Å². The van der Waals surface area contributed by atoms with Crippen LogP contribution in [-0.4, -0.2) is 59.8 Å². The van der Waals surface area contributed by atoms with Gasteiger partial charge >= 0.3 is 5.97 Å². The van der Waals surface area contributed by atoms with Crippen molar-refractivity contribution in [2.75, 3.05) is 31.6 Å². The molecule has 6 rings (SSSR count). The van der Waals surface area contributed by atoms with Crippen LogP contribution in [0.15, 0.2) is 29.6 Å². The number of anilines is 1. The van der Waals surface area contributed by atoms with E-state index in [0.717, 1.165) is 53.3 Å². The van der Waals surface area contributed by atoms with E-state index in [9.17, 15) is 9.90 Å². The van der Waals surface area contributed by atoms with Crippen molar-refractivity contribution in [2.24, 2.45) is 5.92 Å². The summed E-state index contributed by atoms with van der Waals surface area (Å²) in [4.78, 5) is 21.5. The number of benzene rings is 2. The zero-order chi connectivity index (χ0) is 30.1. The van der Waals surface area contributed by atoms with Gasteiger partial charge in [0.15, 0.2) is 5.13 Å². The Kier molecular flexibility index (Phi) is 9.08. The molecule has 0 spiro atoms. The minimum atomic E-state index is -0.793. The second kappa shape index (κ2) is 13.0. The van der Waals surface area contributed by atoms with Crippen molar-refractivity contribution in [1.82, 2.24) is 9.88 Å². The van der Waals surface area contributed by atoms with E-state index in [1.54, 1.807) is 18.4 Å². The van der Waals surface area contributed by atoms with Crippen LogP contribution in [0, 0.1) is 26.7 Å². The lowest BCUT2D eigenvalue weighted by atomic mass is 9.86. The highest BCUT2D eigenvalue weighted by Crippen LogP contribution is 2.37. The van der Waals surface area contributed by atoms with E-state index in [2.05, 4.69) is 60.2 Å². The van der Waals surface area contributed by atoms with Gasteiger partial charge in [0.05, 0.1) is 17.7 Å². The third-order valence-corrected chi connectivity index (χ3v) is 10.9. The molecule has 1 N–H and O–H groups in total. The van der Waals surface area contributed by atoms with Crippen LogP contribution >= 0.6 is 11.3 Å². The van der Waals surface area contributed by atoms with Gasteiger partial charge in [-0.2, -0.15) is 0 Å². The molecule has 2 fully saturated rings. The summed E-state index contributed by atoms with van der Waals surface area (Å²) >= 11 is 1.58. The van der Waals surface area contributed by atoms with Crippen molar-refractivity contribution < 1.29 is 19.4 Å². The third-order valence-electron chi connectivity index (χ3n) is 10.0. The van der Waals surface area contributed by atoms with Gasteiger partial charge < -0.3 is 19.5 Å². The molecular weight excluding hydrogens is 558 g/mol. The number of methoxy groups -OCH3 is 1. The van der Waals surface area contributed by atoms with E-state index in [1.807, 2.05) is 0 Å². The highest BCUT2D eigenvalue weighted by atomic mass is 32.1. The number of carbonyl (C=O) groups is 1. The summed E-state index contributed by atoms with van der Waals surface area (Å²) in [5.74, 6) is -0.442. The molecule has 3 aromatic rings. The first kappa shape index (κ1) is 30.1. The van der Waals surface area contributed by atoms with Crippen molar-refractivity contribution in [2.45, 2.75) is 91.0 Å². The van der Waals surface area contributed by atoms with Crippen LogP contribution in [0.1, 0.15) is 71.9 Å². The van der Waals surface area contributed by atoms with Crippen LogP contribution in [0.2, 0.25) is 0 Å². The molecule has 3 aliphatic rings. The molecule has 43 heavy (non-hydrogen) atoms. The molecule has 2 aliphatic heterocycles. The summed E-state index contributed by atoms with van der Waals surface area (Å²) in [6.07, 6.45) is 8.19. The molecule has 0 unspecified atom stereocenters. The number of ether oxygens (including phenoxy) is 2. The van der Waals surface area contributed by atoms with E-state index in [4.69, 9.17) is 14.5 Å². The largest absolute Gasteiger partial charge is 0.488 e. The second-order valence-corrected chi connectivity index (χ2v) is 13.5. The van der Waals surface area contributed by atoms with E-state index >= 15 is 0 Å². The van der Waals surface area contributed by atoms with Crippen LogP contribution in [0.5, 0.6) is 5.75 Å². The zero-order valence-electron chi connectivity index (χ0n) is 26.0. The number of aliphatic carboxylic acids is 1. The molecule has 230 valence electrons. The molecule has 0 bridgehead atoms. The van der Waals surface area contributed by atoms with Gasteiger partial charge in [-0.05, 0) is 86.4 Å². The number of hydrogen-bond donors (Lipinski definition) is 1.